The Balaban J connectivity index is 4.10. The van der Waals surface area contributed by atoms with E-state index in [4.69, 9.17) is 18.5 Å². The second kappa shape index (κ2) is 57.4. The van der Waals surface area contributed by atoms with Gasteiger partial charge in [-0.15, -0.1) is 0 Å². The number of phosphoric acid groups is 1. The summed E-state index contributed by atoms with van der Waals surface area (Å²) in [5, 5.41) is 0. The molecule has 0 amide bonds. The van der Waals surface area contributed by atoms with Crippen molar-refractivity contribution in [3.63, 3.8) is 0 Å². The summed E-state index contributed by atoms with van der Waals surface area (Å²) in [6.45, 7) is 4.44. The number of carbonyl (C=O) groups excluding carboxylic acids is 2. The molecule has 2 atom stereocenters. The number of nitrogens with zero attached hydrogens (tertiary/aromatic N) is 1. The Kier molecular flexibility index (Phi) is 55.7. The molecule has 1 N–H and O–H groups in total. The van der Waals surface area contributed by atoms with E-state index in [0.29, 0.717) is 17.4 Å². The lowest BCUT2D eigenvalue weighted by Crippen LogP contribution is -2.37. The Morgan fingerprint density at radius 3 is 1.05 bits per heavy atom. The van der Waals surface area contributed by atoms with E-state index < -0.39 is 26.5 Å². The number of carbonyl (C=O) groups is 2. The van der Waals surface area contributed by atoms with Crippen molar-refractivity contribution >= 4 is 19.8 Å². The molecule has 0 saturated carbocycles. The molecule has 9 nitrogen and oxygen atoms in total. The summed E-state index contributed by atoms with van der Waals surface area (Å²) in [4.78, 5) is 35.8. The highest BCUT2D eigenvalue weighted by Crippen LogP contribution is 2.43. The lowest BCUT2D eigenvalue weighted by atomic mass is 10.0. The first kappa shape index (κ1) is 73.7. The Hall–Kier alpha value is -2.29. The van der Waals surface area contributed by atoms with Gasteiger partial charge in [0.25, 0.3) is 0 Å². The van der Waals surface area contributed by atoms with Gasteiger partial charge in [0.2, 0.25) is 0 Å². The molecule has 0 radical (unpaired) electrons. The maximum absolute atomic E-state index is 12.8. The van der Waals surface area contributed by atoms with Crippen LogP contribution in [0.25, 0.3) is 0 Å². The highest BCUT2D eigenvalue weighted by atomic mass is 31.2. The maximum atomic E-state index is 12.8. The van der Waals surface area contributed by atoms with E-state index in [0.717, 1.165) is 51.4 Å². The van der Waals surface area contributed by atoms with Crippen LogP contribution in [-0.4, -0.2) is 74.9 Å². The molecule has 0 saturated heterocycles. The summed E-state index contributed by atoms with van der Waals surface area (Å²) < 4.78 is 34.7. The second-order valence-corrected chi connectivity index (χ2v) is 24.2. The lowest BCUT2D eigenvalue weighted by Gasteiger charge is -2.24. The van der Waals surface area contributed by atoms with Crippen LogP contribution in [0, 0.1) is 0 Å². The fraction of sp³-hybridized carbons (Fsp3) is 0.818. The number of esters is 2. The number of allylic oxidation sites excluding steroid dienone is 10. The predicted octanol–water partition coefficient (Wildman–Crippen LogP) is 20.3. The highest BCUT2D eigenvalue weighted by Gasteiger charge is 2.27. The fourth-order valence-corrected chi connectivity index (χ4v) is 9.80. The number of likely N-dealkylation sites (N-methyl/N-ethyl adjacent to an activating group) is 1. The number of ether oxygens (including phenoxy) is 2. The molecule has 0 heterocycles. The van der Waals surface area contributed by atoms with E-state index in [1.165, 1.54) is 212 Å². The van der Waals surface area contributed by atoms with E-state index in [2.05, 4.69) is 74.6 Å². The second-order valence-electron chi connectivity index (χ2n) is 22.8. The Labute approximate surface area is 470 Å². The molecule has 0 aliphatic heterocycles. The smallest absolute Gasteiger partial charge is 0.462 e. The molecule has 0 aliphatic carbocycles. The molecule has 0 rings (SSSR count). The van der Waals surface area contributed by atoms with Gasteiger partial charge >= 0.3 is 19.8 Å². The standard InChI is InChI=1S/C66H122NO8P/c1-6-8-10-12-14-16-18-20-22-24-26-28-30-31-32-33-34-35-37-39-41-43-45-47-49-51-53-55-57-59-66(69)75-64(63-74-76(70,71)73-61-60-67(3,4)5)62-72-65(68)58-56-54-52-50-48-46-44-42-40-38-36-29-27-25-23-21-19-17-15-13-11-9-7-2/h18-21,24-27,30-31,64H,6-17,22-23,28-29,32-63H2,1-5H3/p+1/b20-18-,21-19-,26-24-,27-25-,31-30-. The van der Waals surface area contributed by atoms with Gasteiger partial charge in [-0.3, -0.25) is 18.6 Å². The van der Waals surface area contributed by atoms with Gasteiger partial charge in [0.15, 0.2) is 6.10 Å². The summed E-state index contributed by atoms with van der Waals surface area (Å²) in [6.07, 6.45) is 74.4. The predicted molar refractivity (Wildman–Crippen MR) is 326 cm³/mol. The van der Waals surface area contributed by atoms with Crippen molar-refractivity contribution in [2.24, 2.45) is 0 Å². The van der Waals surface area contributed by atoms with Crippen LogP contribution in [-0.2, 0) is 32.7 Å². The van der Waals surface area contributed by atoms with Crippen LogP contribution in [0.5, 0.6) is 0 Å². The zero-order valence-electron chi connectivity index (χ0n) is 50.5. The molecule has 0 bridgehead atoms. The highest BCUT2D eigenvalue weighted by molar-refractivity contribution is 7.47. The summed E-state index contributed by atoms with van der Waals surface area (Å²) in [5.41, 5.74) is 0. The first-order valence-electron chi connectivity index (χ1n) is 32.0. The molecular weight excluding hydrogens is 966 g/mol. The van der Waals surface area contributed by atoms with Crippen LogP contribution in [0.4, 0.5) is 0 Å². The van der Waals surface area contributed by atoms with Crippen LogP contribution in [0.2, 0.25) is 0 Å². The minimum atomic E-state index is -4.39. The molecule has 76 heavy (non-hydrogen) atoms. The van der Waals surface area contributed by atoms with Crippen LogP contribution in [0.3, 0.4) is 0 Å². The van der Waals surface area contributed by atoms with Gasteiger partial charge in [-0.05, 0) is 83.5 Å². The van der Waals surface area contributed by atoms with Crippen molar-refractivity contribution in [3.05, 3.63) is 60.8 Å². The molecule has 0 fully saturated rings. The van der Waals surface area contributed by atoms with Gasteiger partial charge in [-0.2, -0.15) is 0 Å². The minimum Gasteiger partial charge on any atom is -0.462 e. The third-order valence-corrected chi connectivity index (χ3v) is 15.0. The molecule has 0 aromatic rings. The third-order valence-electron chi connectivity index (χ3n) is 14.0. The van der Waals surface area contributed by atoms with E-state index >= 15 is 0 Å². The lowest BCUT2D eigenvalue weighted by molar-refractivity contribution is -0.870. The van der Waals surface area contributed by atoms with Crippen molar-refractivity contribution in [3.8, 4) is 0 Å². The van der Waals surface area contributed by atoms with Crippen LogP contribution >= 0.6 is 7.82 Å². The molecule has 444 valence electrons. The molecule has 0 spiro atoms. The van der Waals surface area contributed by atoms with E-state index in [1.807, 2.05) is 21.1 Å². The normalized spacial score (nSPS) is 13.6. The van der Waals surface area contributed by atoms with Gasteiger partial charge in [0, 0.05) is 12.8 Å². The number of quaternary nitrogens is 1. The monoisotopic (exact) mass is 1090 g/mol. The van der Waals surface area contributed by atoms with Crippen LogP contribution in [0.15, 0.2) is 60.8 Å². The zero-order valence-corrected chi connectivity index (χ0v) is 51.4. The van der Waals surface area contributed by atoms with Crippen molar-refractivity contribution in [1.29, 1.82) is 0 Å². The molecule has 0 aromatic carbocycles. The van der Waals surface area contributed by atoms with E-state index in [-0.39, 0.29) is 32.0 Å². The van der Waals surface area contributed by atoms with Crippen molar-refractivity contribution in [2.45, 2.75) is 302 Å². The summed E-state index contributed by atoms with van der Waals surface area (Å²) in [6, 6.07) is 0. The van der Waals surface area contributed by atoms with Gasteiger partial charge in [0.1, 0.15) is 19.8 Å². The number of hydrogen-bond donors (Lipinski definition) is 1. The number of phosphoric ester groups is 1. The van der Waals surface area contributed by atoms with Crippen LogP contribution in [0.1, 0.15) is 296 Å². The third kappa shape index (κ3) is 60.9. The molecule has 0 aromatic heterocycles. The van der Waals surface area contributed by atoms with Crippen molar-refractivity contribution < 1.29 is 42.1 Å². The first-order valence-corrected chi connectivity index (χ1v) is 33.5. The molecular formula is C66H123NO8P+. The van der Waals surface area contributed by atoms with Crippen molar-refractivity contribution in [1.82, 2.24) is 0 Å². The average Bonchev–Trinajstić information content (AvgIpc) is 3.38. The fourth-order valence-electron chi connectivity index (χ4n) is 9.05. The Bertz CT molecular complexity index is 1470. The van der Waals surface area contributed by atoms with Crippen molar-refractivity contribution in [2.75, 3.05) is 47.5 Å². The average molecular weight is 1090 g/mol. The summed E-state index contributed by atoms with van der Waals surface area (Å²) in [5.74, 6) is -0.791. The summed E-state index contributed by atoms with van der Waals surface area (Å²) >= 11 is 0. The first-order chi connectivity index (χ1) is 37.0. The number of rotatable bonds is 59. The van der Waals surface area contributed by atoms with Gasteiger partial charge < -0.3 is 18.9 Å². The van der Waals surface area contributed by atoms with Gasteiger partial charge in [-0.1, -0.05) is 261 Å². The Morgan fingerprint density at radius 2 is 0.711 bits per heavy atom. The summed E-state index contributed by atoms with van der Waals surface area (Å²) in [7, 11) is 1.48. The Morgan fingerprint density at radius 1 is 0.408 bits per heavy atom. The van der Waals surface area contributed by atoms with Gasteiger partial charge in [0.05, 0.1) is 27.7 Å². The topological polar surface area (TPSA) is 108 Å². The minimum absolute atomic E-state index is 0.0306. The van der Waals surface area contributed by atoms with E-state index in [9.17, 15) is 19.0 Å². The maximum Gasteiger partial charge on any atom is 0.472 e. The molecule has 2 unspecified atom stereocenters. The quantitative estimate of drug-likeness (QED) is 0.0211. The largest absolute Gasteiger partial charge is 0.472 e. The van der Waals surface area contributed by atoms with Gasteiger partial charge in [-0.25, -0.2) is 4.57 Å². The zero-order chi connectivity index (χ0) is 55.6. The van der Waals surface area contributed by atoms with Crippen LogP contribution < -0.4 is 0 Å². The molecule has 10 heteroatoms. The SMILES string of the molecule is CCCCCCC/C=C\C/C=C\C/C=C\CCCCCCCCCCCCCCCCC(=O)OC(COC(=O)CCCCCCCCCCCCC/C=C\C/C=C\CCCCCCC)COP(=O)(O)OCC[N+](C)(C)C. The number of unbranched alkanes of at least 4 members (excludes halogenated alkanes) is 35. The number of hydrogen-bond acceptors (Lipinski definition) is 7. The van der Waals surface area contributed by atoms with E-state index in [1.54, 1.807) is 0 Å². The molecule has 0 aliphatic rings.